The van der Waals surface area contributed by atoms with Crippen LogP contribution >= 0.6 is 0 Å². The Morgan fingerprint density at radius 3 is 2.60 bits per heavy atom. The van der Waals surface area contributed by atoms with E-state index in [1.54, 1.807) is 0 Å². The normalized spacial score (nSPS) is 23.0. The van der Waals surface area contributed by atoms with Gasteiger partial charge in [0.05, 0.1) is 16.9 Å². The molecule has 0 spiro atoms. The molecule has 2 heterocycles. The number of anilines is 2. The van der Waals surface area contributed by atoms with Crippen LogP contribution in [0.5, 0.6) is 11.5 Å². The van der Waals surface area contributed by atoms with Crippen molar-refractivity contribution in [3.8, 4) is 11.5 Å². The highest BCUT2D eigenvalue weighted by atomic mass is 16.6. The van der Waals surface area contributed by atoms with Crippen molar-refractivity contribution in [1.29, 1.82) is 0 Å². The van der Waals surface area contributed by atoms with Crippen molar-refractivity contribution in [1.82, 2.24) is 0 Å². The molecule has 0 aromatic heterocycles. The predicted molar refractivity (Wildman–Crippen MR) is 80.1 cm³/mol. The maximum absolute atomic E-state index is 5.75. The SMILES string of the molecule is CC1(C)CNc2cc3c(cc2N1CC1CC1)OCCO3. The fraction of sp³-hybridized carbons (Fsp3) is 0.625. The second-order valence-corrected chi connectivity index (χ2v) is 6.73. The van der Waals surface area contributed by atoms with Crippen LogP contribution in [0, 0.1) is 5.92 Å². The summed E-state index contributed by atoms with van der Waals surface area (Å²) in [4.78, 5) is 2.55. The predicted octanol–water partition coefficient (Wildman–Crippen LogP) is 2.88. The minimum absolute atomic E-state index is 0.138. The zero-order valence-electron chi connectivity index (χ0n) is 12.2. The van der Waals surface area contributed by atoms with Gasteiger partial charge in [-0.3, -0.25) is 0 Å². The number of fused-ring (bicyclic) bond motifs is 2. The molecular weight excluding hydrogens is 252 g/mol. The summed E-state index contributed by atoms with van der Waals surface area (Å²) in [5.74, 6) is 2.62. The molecule has 4 heteroatoms. The van der Waals surface area contributed by atoms with E-state index >= 15 is 0 Å². The third kappa shape index (κ3) is 1.98. The molecule has 1 aromatic carbocycles. The van der Waals surface area contributed by atoms with Crippen molar-refractivity contribution < 1.29 is 9.47 Å². The van der Waals surface area contributed by atoms with Crippen molar-refractivity contribution in [2.75, 3.05) is 36.5 Å². The molecule has 0 atom stereocenters. The fourth-order valence-corrected chi connectivity index (χ4v) is 3.08. The molecule has 0 bridgehead atoms. The highest BCUT2D eigenvalue weighted by Crippen LogP contribution is 2.45. The summed E-state index contributed by atoms with van der Waals surface area (Å²) in [6.07, 6.45) is 2.75. The smallest absolute Gasteiger partial charge is 0.163 e. The molecule has 1 fully saturated rings. The first-order chi connectivity index (χ1) is 9.63. The van der Waals surface area contributed by atoms with E-state index in [-0.39, 0.29) is 5.54 Å². The van der Waals surface area contributed by atoms with Gasteiger partial charge >= 0.3 is 0 Å². The van der Waals surface area contributed by atoms with Crippen LogP contribution in [-0.2, 0) is 0 Å². The number of rotatable bonds is 2. The van der Waals surface area contributed by atoms with Gasteiger partial charge in [-0.05, 0) is 32.6 Å². The van der Waals surface area contributed by atoms with Crippen molar-refractivity contribution >= 4 is 11.4 Å². The zero-order valence-corrected chi connectivity index (χ0v) is 12.2. The lowest BCUT2D eigenvalue weighted by atomic mass is 9.96. The third-order valence-corrected chi connectivity index (χ3v) is 4.53. The zero-order chi connectivity index (χ0) is 13.7. The molecule has 108 valence electrons. The molecule has 0 amide bonds. The maximum Gasteiger partial charge on any atom is 0.163 e. The van der Waals surface area contributed by atoms with Crippen molar-refractivity contribution in [3.63, 3.8) is 0 Å². The average molecular weight is 274 g/mol. The lowest BCUT2D eigenvalue weighted by molar-refractivity contribution is 0.171. The topological polar surface area (TPSA) is 33.7 Å². The van der Waals surface area contributed by atoms with E-state index < -0.39 is 0 Å². The van der Waals surface area contributed by atoms with Crippen LogP contribution in [0.3, 0.4) is 0 Å². The van der Waals surface area contributed by atoms with E-state index in [1.165, 1.54) is 24.2 Å². The number of nitrogens with one attached hydrogen (secondary N) is 1. The first-order valence-electron chi connectivity index (χ1n) is 7.59. The first kappa shape index (κ1) is 12.2. The Bertz CT molecular complexity index is 538. The van der Waals surface area contributed by atoms with Crippen molar-refractivity contribution in [2.45, 2.75) is 32.2 Å². The lowest BCUT2D eigenvalue weighted by Gasteiger charge is -2.46. The number of nitrogens with zero attached hydrogens (tertiary/aromatic N) is 1. The van der Waals surface area contributed by atoms with E-state index in [2.05, 4.69) is 36.2 Å². The molecule has 1 aromatic rings. The minimum Gasteiger partial charge on any atom is -0.486 e. The van der Waals surface area contributed by atoms with Gasteiger partial charge in [-0.2, -0.15) is 0 Å². The summed E-state index contributed by atoms with van der Waals surface area (Å²) in [6, 6.07) is 4.25. The molecule has 0 radical (unpaired) electrons. The van der Waals surface area contributed by atoms with E-state index in [4.69, 9.17) is 9.47 Å². The molecule has 4 nitrogen and oxygen atoms in total. The van der Waals surface area contributed by atoms with Gasteiger partial charge in [0, 0.05) is 25.2 Å². The highest BCUT2D eigenvalue weighted by molar-refractivity contribution is 5.78. The van der Waals surface area contributed by atoms with Gasteiger partial charge in [-0.25, -0.2) is 0 Å². The van der Waals surface area contributed by atoms with Gasteiger partial charge in [0.15, 0.2) is 11.5 Å². The maximum atomic E-state index is 5.75. The third-order valence-electron chi connectivity index (χ3n) is 4.53. The van der Waals surface area contributed by atoms with Crippen molar-refractivity contribution in [2.24, 2.45) is 5.92 Å². The molecule has 20 heavy (non-hydrogen) atoms. The summed E-state index contributed by atoms with van der Waals surface area (Å²) < 4.78 is 11.4. The Balaban J connectivity index is 1.75. The van der Waals surface area contributed by atoms with Gasteiger partial charge in [-0.1, -0.05) is 0 Å². The Morgan fingerprint density at radius 1 is 1.20 bits per heavy atom. The summed E-state index contributed by atoms with van der Waals surface area (Å²) in [7, 11) is 0. The molecular formula is C16H22N2O2. The Kier molecular flexibility index (Phi) is 2.56. The first-order valence-corrected chi connectivity index (χ1v) is 7.59. The molecule has 1 aliphatic carbocycles. The number of hydrogen-bond acceptors (Lipinski definition) is 4. The summed E-state index contributed by atoms with van der Waals surface area (Å²) >= 11 is 0. The number of hydrogen-bond donors (Lipinski definition) is 1. The van der Waals surface area contributed by atoms with Crippen LogP contribution in [0.15, 0.2) is 12.1 Å². The summed E-state index contributed by atoms with van der Waals surface area (Å²) in [5.41, 5.74) is 2.57. The standard InChI is InChI=1S/C16H22N2O2/c1-16(2)10-17-12-7-14-15(20-6-5-19-14)8-13(12)18(16)9-11-3-4-11/h7-8,11,17H,3-6,9-10H2,1-2H3. The lowest BCUT2D eigenvalue weighted by Crippen LogP contribution is -2.53. The Labute approximate surface area is 120 Å². The van der Waals surface area contributed by atoms with E-state index in [0.717, 1.165) is 30.5 Å². The quantitative estimate of drug-likeness (QED) is 0.899. The van der Waals surface area contributed by atoms with Gasteiger partial charge < -0.3 is 19.7 Å². The van der Waals surface area contributed by atoms with Crippen LogP contribution in [0.1, 0.15) is 26.7 Å². The van der Waals surface area contributed by atoms with Gasteiger partial charge in [0.1, 0.15) is 13.2 Å². The number of ether oxygens (including phenoxy) is 2. The number of benzene rings is 1. The average Bonchev–Trinajstić information content (AvgIpc) is 3.24. The van der Waals surface area contributed by atoms with E-state index in [1.807, 2.05) is 0 Å². The minimum atomic E-state index is 0.138. The molecule has 4 rings (SSSR count). The molecule has 3 aliphatic rings. The van der Waals surface area contributed by atoms with Crippen LogP contribution in [0.25, 0.3) is 0 Å². The van der Waals surface area contributed by atoms with Gasteiger partial charge in [0.25, 0.3) is 0 Å². The van der Waals surface area contributed by atoms with Crippen molar-refractivity contribution in [3.05, 3.63) is 12.1 Å². The van der Waals surface area contributed by atoms with Crippen LogP contribution < -0.4 is 19.7 Å². The summed E-state index contributed by atoms with van der Waals surface area (Å²) in [6.45, 7) is 8.02. The van der Waals surface area contributed by atoms with Crippen LogP contribution in [-0.4, -0.2) is 31.8 Å². The van der Waals surface area contributed by atoms with Gasteiger partial charge in [-0.15, -0.1) is 0 Å². The summed E-state index contributed by atoms with van der Waals surface area (Å²) in [5, 5.41) is 3.55. The van der Waals surface area contributed by atoms with E-state index in [9.17, 15) is 0 Å². The largest absolute Gasteiger partial charge is 0.486 e. The van der Waals surface area contributed by atoms with Crippen LogP contribution in [0.4, 0.5) is 11.4 Å². The monoisotopic (exact) mass is 274 g/mol. The van der Waals surface area contributed by atoms with Gasteiger partial charge in [0.2, 0.25) is 0 Å². The van der Waals surface area contributed by atoms with E-state index in [0.29, 0.717) is 13.2 Å². The fourth-order valence-electron chi connectivity index (χ4n) is 3.08. The molecule has 2 aliphatic heterocycles. The van der Waals surface area contributed by atoms with Crippen LogP contribution in [0.2, 0.25) is 0 Å². The highest BCUT2D eigenvalue weighted by Gasteiger charge is 2.37. The Morgan fingerprint density at radius 2 is 1.90 bits per heavy atom. The molecule has 1 N–H and O–H groups in total. The molecule has 0 saturated heterocycles. The second-order valence-electron chi connectivity index (χ2n) is 6.73. The molecule has 1 saturated carbocycles. The second kappa shape index (κ2) is 4.21. The Hall–Kier alpha value is -1.58. The molecule has 0 unspecified atom stereocenters.